The van der Waals surface area contributed by atoms with Crippen LogP contribution in [0.3, 0.4) is 0 Å². The molecule has 1 saturated heterocycles. The smallest absolute Gasteiger partial charge is 0.240 e. The highest BCUT2D eigenvalue weighted by molar-refractivity contribution is 7.89. The Bertz CT molecular complexity index is 628. The number of likely N-dealkylation sites (tertiary alicyclic amines) is 1. The molecule has 1 aromatic rings. The van der Waals surface area contributed by atoms with E-state index in [2.05, 4.69) is 16.5 Å². The summed E-state index contributed by atoms with van der Waals surface area (Å²) < 4.78 is 27.6. The fourth-order valence-electron chi connectivity index (χ4n) is 2.57. The van der Waals surface area contributed by atoms with Crippen molar-refractivity contribution in [3.63, 3.8) is 0 Å². The molecule has 1 aliphatic rings. The van der Waals surface area contributed by atoms with Gasteiger partial charge in [0, 0.05) is 17.6 Å². The van der Waals surface area contributed by atoms with Gasteiger partial charge in [-0.15, -0.1) is 0 Å². The first kappa shape index (κ1) is 16.1. The lowest BCUT2D eigenvalue weighted by Gasteiger charge is -2.35. The number of nitrogens with zero attached hydrogens (tertiary/aromatic N) is 1. The second kappa shape index (κ2) is 6.25. The standard InChI is InChI=1S/C15H22N2O3S/c1-11-9-14(7-8-17(11)3)16-21(19,20)15-6-4-5-13(10-15)12(2)18/h4-6,10-11,14,16H,7-9H2,1-3H3. The number of carbonyl (C=O) groups excluding carboxylic acids is 1. The zero-order valence-corrected chi connectivity index (χ0v) is 13.5. The molecule has 21 heavy (non-hydrogen) atoms. The third kappa shape index (κ3) is 3.90. The lowest BCUT2D eigenvalue weighted by Crippen LogP contribution is -2.47. The highest BCUT2D eigenvalue weighted by atomic mass is 32.2. The number of nitrogens with one attached hydrogen (secondary N) is 1. The predicted octanol–water partition coefficient (Wildman–Crippen LogP) is 1.65. The van der Waals surface area contributed by atoms with Crippen molar-refractivity contribution in [2.75, 3.05) is 13.6 Å². The van der Waals surface area contributed by atoms with Crippen LogP contribution in [0.5, 0.6) is 0 Å². The Kier molecular flexibility index (Phi) is 4.81. The maximum absolute atomic E-state index is 12.4. The fourth-order valence-corrected chi connectivity index (χ4v) is 3.89. The number of ketones is 1. The molecule has 116 valence electrons. The molecule has 1 fully saturated rings. The lowest BCUT2D eigenvalue weighted by atomic mass is 10.0. The number of piperidine rings is 1. The van der Waals surface area contributed by atoms with Crippen molar-refractivity contribution in [3.05, 3.63) is 29.8 Å². The van der Waals surface area contributed by atoms with Crippen molar-refractivity contribution in [2.45, 2.75) is 43.7 Å². The van der Waals surface area contributed by atoms with Crippen LogP contribution in [0, 0.1) is 0 Å². The van der Waals surface area contributed by atoms with Gasteiger partial charge in [-0.3, -0.25) is 4.79 Å². The van der Waals surface area contributed by atoms with Crippen LogP contribution < -0.4 is 4.72 Å². The highest BCUT2D eigenvalue weighted by Crippen LogP contribution is 2.19. The van der Waals surface area contributed by atoms with Crippen LogP contribution in [0.25, 0.3) is 0 Å². The van der Waals surface area contributed by atoms with E-state index < -0.39 is 10.0 Å². The molecule has 2 unspecified atom stereocenters. The van der Waals surface area contributed by atoms with Crippen molar-refractivity contribution in [1.82, 2.24) is 9.62 Å². The van der Waals surface area contributed by atoms with E-state index in [1.165, 1.54) is 19.1 Å². The molecule has 5 nitrogen and oxygen atoms in total. The molecule has 0 amide bonds. The number of benzene rings is 1. The van der Waals surface area contributed by atoms with Crippen molar-refractivity contribution >= 4 is 15.8 Å². The van der Waals surface area contributed by atoms with Crippen LogP contribution in [-0.2, 0) is 10.0 Å². The molecule has 6 heteroatoms. The second-order valence-electron chi connectivity index (χ2n) is 5.76. The Morgan fingerprint density at radius 1 is 1.38 bits per heavy atom. The van der Waals surface area contributed by atoms with Crippen molar-refractivity contribution < 1.29 is 13.2 Å². The predicted molar refractivity (Wildman–Crippen MR) is 81.9 cm³/mol. The van der Waals surface area contributed by atoms with Crippen molar-refractivity contribution in [2.24, 2.45) is 0 Å². The summed E-state index contributed by atoms with van der Waals surface area (Å²) in [5.74, 6) is -0.139. The molecule has 1 N–H and O–H groups in total. The average molecular weight is 310 g/mol. The van der Waals surface area contributed by atoms with Crippen molar-refractivity contribution in [3.8, 4) is 0 Å². The van der Waals surface area contributed by atoms with Gasteiger partial charge in [-0.25, -0.2) is 13.1 Å². The van der Waals surface area contributed by atoms with Gasteiger partial charge in [0.15, 0.2) is 5.78 Å². The SMILES string of the molecule is CC(=O)c1cccc(S(=O)(=O)NC2CCN(C)C(C)C2)c1. The Labute approximate surface area is 126 Å². The van der Waals surface area contributed by atoms with Gasteiger partial charge >= 0.3 is 0 Å². The van der Waals surface area contributed by atoms with Gasteiger partial charge in [-0.1, -0.05) is 12.1 Å². The Hall–Kier alpha value is -1.24. The molecule has 2 atom stereocenters. The molecule has 0 bridgehead atoms. The van der Waals surface area contributed by atoms with Crippen LogP contribution in [0.2, 0.25) is 0 Å². The Balaban J connectivity index is 2.15. The van der Waals surface area contributed by atoms with Crippen LogP contribution in [0.15, 0.2) is 29.2 Å². The quantitative estimate of drug-likeness (QED) is 0.859. The summed E-state index contributed by atoms with van der Waals surface area (Å²) >= 11 is 0. The van der Waals surface area contributed by atoms with Gasteiger partial charge in [0.25, 0.3) is 0 Å². The normalized spacial score (nSPS) is 24.0. The van der Waals surface area contributed by atoms with Gasteiger partial charge in [-0.2, -0.15) is 0 Å². The minimum Gasteiger partial charge on any atom is -0.304 e. The second-order valence-corrected chi connectivity index (χ2v) is 7.47. The zero-order chi connectivity index (χ0) is 15.6. The molecule has 1 aromatic carbocycles. The molecular formula is C15H22N2O3S. The van der Waals surface area contributed by atoms with Crippen LogP contribution in [-0.4, -0.2) is 44.8 Å². The van der Waals surface area contributed by atoms with Gasteiger partial charge in [0.1, 0.15) is 0 Å². The highest BCUT2D eigenvalue weighted by Gasteiger charge is 2.27. The largest absolute Gasteiger partial charge is 0.304 e. The molecule has 1 heterocycles. The zero-order valence-electron chi connectivity index (χ0n) is 12.7. The summed E-state index contributed by atoms with van der Waals surface area (Å²) in [6.45, 7) is 4.40. The molecule has 0 aromatic heterocycles. The summed E-state index contributed by atoms with van der Waals surface area (Å²) in [6.07, 6.45) is 1.59. The number of hydrogen-bond donors (Lipinski definition) is 1. The minimum absolute atomic E-state index is 0.0535. The van der Waals surface area contributed by atoms with E-state index in [0.29, 0.717) is 11.6 Å². The van der Waals surface area contributed by atoms with E-state index in [0.717, 1.165) is 19.4 Å². The molecule has 1 aliphatic heterocycles. The van der Waals surface area contributed by atoms with Crippen LogP contribution >= 0.6 is 0 Å². The van der Waals surface area contributed by atoms with Crippen molar-refractivity contribution in [1.29, 1.82) is 0 Å². The number of hydrogen-bond acceptors (Lipinski definition) is 4. The summed E-state index contributed by atoms with van der Waals surface area (Å²) in [4.78, 5) is 13.8. The molecule has 2 rings (SSSR count). The average Bonchev–Trinajstić information content (AvgIpc) is 2.43. The summed E-state index contributed by atoms with van der Waals surface area (Å²) in [6, 6.07) is 6.48. The molecule has 0 saturated carbocycles. The molecule has 0 aliphatic carbocycles. The topological polar surface area (TPSA) is 66.5 Å². The minimum atomic E-state index is -3.58. The van der Waals surface area contributed by atoms with Crippen LogP contribution in [0.1, 0.15) is 37.0 Å². The lowest BCUT2D eigenvalue weighted by molar-refractivity contribution is 0.101. The summed E-state index contributed by atoms with van der Waals surface area (Å²) in [7, 11) is -1.53. The third-order valence-electron chi connectivity index (χ3n) is 4.08. The first-order valence-corrected chi connectivity index (χ1v) is 8.61. The van der Waals surface area contributed by atoms with E-state index in [-0.39, 0.29) is 16.7 Å². The van der Waals surface area contributed by atoms with E-state index in [4.69, 9.17) is 0 Å². The number of Topliss-reactive ketones (excluding diaryl/α,β-unsaturated/α-hetero) is 1. The number of carbonyl (C=O) groups is 1. The van der Waals surface area contributed by atoms with E-state index in [1.54, 1.807) is 12.1 Å². The Morgan fingerprint density at radius 2 is 2.10 bits per heavy atom. The van der Waals surface area contributed by atoms with Gasteiger partial charge < -0.3 is 4.90 Å². The summed E-state index contributed by atoms with van der Waals surface area (Å²) in [5, 5.41) is 0. The van der Waals surface area contributed by atoms with Gasteiger partial charge in [-0.05, 0) is 52.4 Å². The number of sulfonamides is 1. The Morgan fingerprint density at radius 3 is 2.71 bits per heavy atom. The fraction of sp³-hybridized carbons (Fsp3) is 0.533. The summed E-state index contributed by atoms with van der Waals surface area (Å²) in [5.41, 5.74) is 0.412. The maximum atomic E-state index is 12.4. The maximum Gasteiger partial charge on any atom is 0.240 e. The monoisotopic (exact) mass is 310 g/mol. The first-order chi connectivity index (χ1) is 9.79. The molecule has 0 spiro atoms. The van der Waals surface area contributed by atoms with E-state index in [1.807, 2.05) is 7.05 Å². The molecule has 0 radical (unpaired) electrons. The van der Waals surface area contributed by atoms with Crippen LogP contribution in [0.4, 0.5) is 0 Å². The first-order valence-electron chi connectivity index (χ1n) is 7.13. The van der Waals surface area contributed by atoms with Gasteiger partial charge in [0.2, 0.25) is 10.0 Å². The number of rotatable bonds is 4. The third-order valence-corrected chi connectivity index (χ3v) is 5.60. The van der Waals surface area contributed by atoms with E-state index in [9.17, 15) is 13.2 Å². The van der Waals surface area contributed by atoms with Gasteiger partial charge in [0.05, 0.1) is 4.90 Å². The van der Waals surface area contributed by atoms with E-state index >= 15 is 0 Å². The molecular weight excluding hydrogens is 288 g/mol.